The van der Waals surface area contributed by atoms with E-state index in [1.165, 1.54) is 0 Å². The van der Waals surface area contributed by atoms with Gasteiger partial charge in [-0.2, -0.15) is 5.26 Å². The molecule has 0 saturated heterocycles. The van der Waals surface area contributed by atoms with Crippen molar-refractivity contribution >= 4 is 17.7 Å². The molecule has 3 aromatic rings. The van der Waals surface area contributed by atoms with Crippen LogP contribution in [-0.4, -0.2) is 24.7 Å². The maximum absolute atomic E-state index is 12.5. The second kappa shape index (κ2) is 8.81. The van der Waals surface area contributed by atoms with Gasteiger partial charge >= 0.3 is 0 Å². The summed E-state index contributed by atoms with van der Waals surface area (Å²) in [7, 11) is 3.18. The van der Waals surface area contributed by atoms with Gasteiger partial charge in [0.1, 0.15) is 23.1 Å². The maximum atomic E-state index is 12.5. The van der Waals surface area contributed by atoms with Gasteiger partial charge in [0.15, 0.2) is 0 Å². The number of carbonyl (C=O) groups excluding carboxylic acids is 1. The smallest absolute Gasteiger partial charge is 0.266 e. The molecule has 1 aromatic heterocycles. The third-order valence-electron chi connectivity index (χ3n) is 4.39. The Balaban J connectivity index is 1.83. The number of aromatic nitrogens is 1. The summed E-state index contributed by atoms with van der Waals surface area (Å²) in [6, 6.07) is 18.5. The molecule has 29 heavy (non-hydrogen) atoms. The number of nitrogens with zero attached hydrogens (tertiary/aromatic N) is 2. The highest BCUT2D eigenvalue weighted by atomic mass is 16.5. The van der Waals surface area contributed by atoms with Gasteiger partial charge in [0.05, 0.1) is 14.2 Å². The van der Waals surface area contributed by atoms with E-state index in [2.05, 4.69) is 5.32 Å². The van der Waals surface area contributed by atoms with Crippen LogP contribution in [-0.2, 0) is 4.79 Å². The van der Waals surface area contributed by atoms with Gasteiger partial charge in [-0.25, -0.2) is 0 Å². The molecule has 0 saturated carbocycles. The highest BCUT2D eigenvalue weighted by Gasteiger charge is 2.11. The number of rotatable bonds is 6. The number of benzene rings is 2. The molecule has 1 N–H and O–H groups in total. The molecule has 6 heteroatoms. The van der Waals surface area contributed by atoms with Crippen LogP contribution in [0.3, 0.4) is 0 Å². The number of anilines is 1. The summed E-state index contributed by atoms with van der Waals surface area (Å²) in [5, 5.41) is 12.2. The third-order valence-corrected chi connectivity index (χ3v) is 4.39. The summed E-state index contributed by atoms with van der Waals surface area (Å²) < 4.78 is 12.3. The molecular weight excluding hydrogens is 366 g/mol. The molecule has 0 bridgehead atoms. The standard InChI is InChI=1S/C23H21N3O3/c1-16-11-17(15-26(16)20-7-9-21(28-2)10-8-20)12-18(14-24)23(27)25-19-5-4-6-22(13-19)29-3/h4-13,15H,1-3H3,(H,25,27)/b18-12+. The molecule has 1 amide bonds. The van der Waals surface area contributed by atoms with Crippen molar-refractivity contribution < 1.29 is 14.3 Å². The lowest BCUT2D eigenvalue weighted by atomic mass is 10.2. The fourth-order valence-corrected chi connectivity index (χ4v) is 2.91. The minimum atomic E-state index is -0.476. The van der Waals surface area contributed by atoms with Crippen molar-refractivity contribution in [3.05, 3.63) is 77.6 Å². The second-order valence-electron chi connectivity index (χ2n) is 6.34. The minimum absolute atomic E-state index is 0.0136. The van der Waals surface area contributed by atoms with E-state index in [1.807, 2.05) is 54.1 Å². The molecule has 0 aliphatic rings. The van der Waals surface area contributed by atoms with Crippen LogP contribution in [0.4, 0.5) is 5.69 Å². The number of amides is 1. The van der Waals surface area contributed by atoms with Crippen molar-refractivity contribution in [2.75, 3.05) is 19.5 Å². The van der Waals surface area contributed by atoms with Gasteiger partial charge in [0.25, 0.3) is 5.91 Å². The first-order valence-electron chi connectivity index (χ1n) is 8.94. The Kier molecular flexibility index (Phi) is 6.00. The molecule has 0 aliphatic heterocycles. The zero-order valence-corrected chi connectivity index (χ0v) is 16.5. The molecule has 0 unspecified atom stereocenters. The van der Waals surface area contributed by atoms with E-state index in [0.29, 0.717) is 11.4 Å². The van der Waals surface area contributed by atoms with E-state index >= 15 is 0 Å². The average molecular weight is 387 g/mol. The Morgan fingerprint density at radius 2 is 1.79 bits per heavy atom. The summed E-state index contributed by atoms with van der Waals surface area (Å²) >= 11 is 0. The first-order valence-corrected chi connectivity index (χ1v) is 8.94. The largest absolute Gasteiger partial charge is 0.497 e. The molecular formula is C23H21N3O3. The lowest BCUT2D eigenvalue weighted by Crippen LogP contribution is -2.13. The topological polar surface area (TPSA) is 76.3 Å². The monoisotopic (exact) mass is 387 g/mol. The van der Waals surface area contributed by atoms with Gasteiger partial charge < -0.3 is 19.4 Å². The number of carbonyl (C=O) groups is 1. The van der Waals surface area contributed by atoms with Crippen LogP contribution in [0.1, 0.15) is 11.3 Å². The average Bonchev–Trinajstić information content (AvgIpc) is 3.12. The van der Waals surface area contributed by atoms with E-state index in [0.717, 1.165) is 22.7 Å². The lowest BCUT2D eigenvalue weighted by Gasteiger charge is -2.07. The Morgan fingerprint density at radius 1 is 1.07 bits per heavy atom. The summed E-state index contributed by atoms with van der Waals surface area (Å²) in [5.74, 6) is 0.924. The highest BCUT2D eigenvalue weighted by molar-refractivity contribution is 6.09. The van der Waals surface area contributed by atoms with E-state index in [1.54, 1.807) is 44.6 Å². The second-order valence-corrected chi connectivity index (χ2v) is 6.34. The van der Waals surface area contributed by atoms with Crippen LogP contribution in [0.5, 0.6) is 11.5 Å². The lowest BCUT2D eigenvalue weighted by molar-refractivity contribution is -0.112. The van der Waals surface area contributed by atoms with Crippen LogP contribution in [0.25, 0.3) is 11.8 Å². The predicted molar refractivity (Wildman–Crippen MR) is 112 cm³/mol. The Bertz CT molecular complexity index is 1090. The van der Waals surface area contributed by atoms with Crippen molar-refractivity contribution in [3.63, 3.8) is 0 Å². The fourth-order valence-electron chi connectivity index (χ4n) is 2.91. The third kappa shape index (κ3) is 4.66. The zero-order valence-electron chi connectivity index (χ0n) is 16.5. The molecule has 0 aliphatic carbocycles. The van der Waals surface area contributed by atoms with Crippen LogP contribution in [0, 0.1) is 18.3 Å². The fraction of sp³-hybridized carbons (Fsp3) is 0.130. The Morgan fingerprint density at radius 3 is 2.45 bits per heavy atom. The number of ether oxygens (including phenoxy) is 2. The van der Waals surface area contributed by atoms with E-state index in [-0.39, 0.29) is 5.57 Å². The molecule has 3 rings (SSSR count). The molecule has 0 spiro atoms. The van der Waals surface area contributed by atoms with Crippen LogP contribution >= 0.6 is 0 Å². The van der Waals surface area contributed by atoms with E-state index < -0.39 is 5.91 Å². The number of methoxy groups -OCH3 is 2. The predicted octanol–water partition coefficient (Wildman–Crippen LogP) is 4.35. The van der Waals surface area contributed by atoms with Crippen molar-refractivity contribution in [2.24, 2.45) is 0 Å². The normalized spacial score (nSPS) is 10.9. The number of nitrogens with one attached hydrogen (secondary N) is 1. The molecule has 6 nitrogen and oxygen atoms in total. The summed E-state index contributed by atoms with van der Waals surface area (Å²) in [5.41, 5.74) is 3.27. The number of hydrogen-bond donors (Lipinski definition) is 1. The minimum Gasteiger partial charge on any atom is -0.497 e. The quantitative estimate of drug-likeness (QED) is 0.504. The van der Waals surface area contributed by atoms with E-state index in [9.17, 15) is 10.1 Å². The molecule has 2 aromatic carbocycles. The van der Waals surface area contributed by atoms with Crippen molar-refractivity contribution in [2.45, 2.75) is 6.92 Å². The molecule has 0 radical (unpaired) electrons. The van der Waals surface area contributed by atoms with Crippen molar-refractivity contribution in [1.29, 1.82) is 5.26 Å². The number of nitriles is 1. The van der Waals surface area contributed by atoms with Crippen molar-refractivity contribution in [3.8, 4) is 23.3 Å². The first kappa shape index (κ1) is 19.8. The van der Waals surface area contributed by atoms with Gasteiger partial charge in [-0.1, -0.05) is 6.07 Å². The SMILES string of the molecule is COc1ccc(-n2cc(/C=C(\C#N)C(=O)Nc3cccc(OC)c3)cc2C)cc1. The molecule has 0 fully saturated rings. The maximum Gasteiger partial charge on any atom is 0.266 e. The molecule has 1 heterocycles. The summed E-state index contributed by atoms with van der Waals surface area (Å²) in [6.45, 7) is 1.96. The van der Waals surface area contributed by atoms with Gasteiger partial charge in [-0.3, -0.25) is 4.79 Å². The molecule has 0 atom stereocenters. The zero-order chi connectivity index (χ0) is 20.8. The van der Waals surface area contributed by atoms with Crippen LogP contribution < -0.4 is 14.8 Å². The number of hydrogen-bond acceptors (Lipinski definition) is 4. The van der Waals surface area contributed by atoms with Crippen molar-refractivity contribution in [1.82, 2.24) is 4.57 Å². The highest BCUT2D eigenvalue weighted by Crippen LogP contribution is 2.21. The van der Waals surface area contributed by atoms with Crippen LogP contribution in [0.15, 0.2) is 66.4 Å². The summed E-state index contributed by atoms with van der Waals surface area (Å²) in [4.78, 5) is 12.5. The van der Waals surface area contributed by atoms with Gasteiger partial charge in [0, 0.05) is 29.3 Å². The van der Waals surface area contributed by atoms with Crippen LogP contribution in [0.2, 0.25) is 0 Å². The molecule has 146 valence electrons. The first-order chi connectivity index (χ1) is 14.0. The van der Waals surface area contributed by atoms with Gasteiger partial charge in [-0.15, -0.1) is 0 Å². The summed E-state index contributed by atoms with van der Waals surface area (Å²) in [6.07, 6.45) is 3.45. The number of aryl methyl sites for hydroxylation is 1. The Labute approximate surface area is 169 Å². The van der Waals surface area contributed by atoms with Gasteiger partial charge in [0.2, 0.25) is 0 Å². The van der Waals surface area contributed by atoms with Gasteiger partial charge in [-0.05, 0) is 61.0 Å². The Hall–Kier alpha value is -3.98. The van der Waals surface area contributed by atoms with E-state index in [4.69, 9.17) is 9.47 Å².